The summed E-state index contributed by atoms with van der Waals surface area (Å²) in [5.74, 6) is 0.774. The number of methoxy groups -OCH3 is 1. The first-order valence-electron chi connectivity index (χ1n) is 6.88. The number of hydrogen-bond donors (Lipinski definition) is 2. The van der Waals surface area contributed by atoms with E-state index in [2.05, 4.69) is 10.6 Å². The lowest BCUT2D eigenvalue weighted by Crippen LogP contribution is -2.31. The molecule has 5 heteroatoms. The second-order valence-electron chi connectivity index (χ2n) is 4.71. The van der Waals surface area contributed by atoms with E-state index >= 15 is 0 Å². The van der Waals surface area contributed by atoms with E-state index < -0.39 is 0 Å². The van der Waals surface area contributed by atoms with Gasteiger partial charge in [-0.05, 0) is 44.5 Å². The fraction of sp³-hybridized carbons (Fsp3) is 0.533. The van der Waals surface area contributed by atoms with Gasteiger partial charge in [0, 0.05) is 18.8 Å². The van der Waals surface area contributed by atoms with E-state index in [1.165, 1.54) is 0 Å². The quantitative estimate of drug-likeness (QED) is 0.680. The second kappa shape index (κ2) is 9.20. The molecule has 0 aliphatic heterocycles. The van der Waals surface area contributed by atoms with Crippen LogP contribution in [0.4, 0.5) is 5.69 Å². The summed E-state index contributed by atoms with van der Waals surface area (Å²) in [6.45, 7) is 5.56. The Bertz CT molecular complexity index is 391. The summed E-state index contributed by atoms with van der Waals surface area (Å²) in [6.07, 6.45) is 1.06. The Labute approximate surface area is 120 Å². The molecule has 0 saturated carbocycles. The minimum Gasteiger partial charge on any atom is -0.497 e. The largest absolute Gasteiger partial charge is 0.497 e. The summed E-state index contributed by atoms with van der Waals surface area (Å²) >= 11 is 0. The van der Waals surface area contributed by atoms with Crippen LogP contribution in [-0.4, -0.2) is 38.8 Å². The van der Waals surface area contributed by atoms with Gasteiger partial charge in [0.1, 0.15) is 5.75 Å². The van der Waals surface area contributed by atoms with Crippen LogP contribution in [0.1, 0.15) is 20.3 Å². The van der Waals surface area contributed by atoms with Crippen molar-refractivity contribution in [3.8, 4) is 5.75 Å². The van der Waals surface area contributed by atoms with Crippen molar-refractivity contribution in [1.82, 2.24) is 5.32 Å². The molecule has 1 aromatic rings. The van der Waals surface area contributed by atoms with E-state index in [-0.39, 0.29) is 18.6 Å². The van der Waals surface area contributed by atoms with Gasteiger partial charge in [-0.2, -0.15) is 0 Å². The summed E-state index contributed by atoms with van der Waals surface area (Å²) < 4.78 is 10.5. The highest BCUT2D eigenvalue weighted by Gasteiger charge is 2.01. The van der Waals surface area contributed by atoms with Crippen LogP contribution in [0.2, 0.25) is 0 Å². The third-order valence-corrected chi connectivity index (χ3v) is 2.64. The fourth-order valence-electron chi connectivity index (χ4n) is 1.57. The highest BCUT2D eigenvalue weighted by Crippen LogP contribution is 2.14. The molecule has 0 atom stereocenters. The topological polar surface area (TPSA) is 59.6 Å². The van der Waals surface area contributed by atoms with Gasteiger partial charge in [0.15, 0.2) is 0 Å². The maximum atomic E-state index is 11.6. The van der Waals surface area contributed by atoms with Crippen molar-refractivity contribution < 1.29 is 14.3 Å². The van der Waals surface area contributed by atoms with E-state index in [0.717, 1.165) is 17.9 Å². The van der Waals surface area contributed by atoms with Crippen LogP contribution < -0.4 is 15.4 Å². The number of hydrogen-bond acceptors (Lipinski definition) is 4. The molecule has 112 valence electrons. The van der Waals surface area contributed by atoms with Gasteiger partial charge < -0.3 is 20.1 Å². The molecule has 0 unspecified atom stereocenters. The number of carbonyl (C=O) groups is 1. The predicted octanol–water partition coefficient (Wildman–Crippen LogP) is 2.04. The van der Waals surface area contributed by atoms with Crippen LogP contribution in [0.3, 0.4) is 0 Å². The standard InChI is InChI=1S/C15H24N2O3/c1-12(2)20-10-4-9-16-15(18)11-17-13-5-7-14(19-3)8-6-13/h5-8,12,17H,4,9-11H2,1-3H3,(H,16,18). The average molecular weight is 280 g/mol. The number of carbonyl (C=O) groups excluding carboxylic acids is 1. The van der Waals surface area contributed by atoms with Crippen molar-refractivity contribution in [2.75, 3.05) is 32.1 Å². The SMILES string of the molecule is COc1ccc(NCC(=O)NCCCOC(C)C)cc1. The zero-order chi connectivity index (χ0) is 14.8. The molecular weight excluding hydrogens is 256 g/mol. The van der Waals surface area contributed by atoms with Gasteiger partial charge in [-0.1, -0.05) is 0 Å². The number of amides is 1. The molecule has 0 heterocycles. The zero-order valence-corrected chi connectivity index (χ0v) is 12.4. The third-order valence-electron chi connectivity index (χ3n) is 2.64. The maximum Gasteiger partial charge on any atom is 0.239 e. The predicted molar refractivity (Wildman–Crippen MR) is 80.2 cm³/mol. The second-order valence-corrected chi connectivity index (χ2v) is 4.71. The van der Waals surface area contributed by atoms with Gasteiger partial charge in [0.25, 0.3) is 0 Å². The van der Waals surface area contributed by atoms with Gasteiger partial charge in [-0.15, -0.1) is 0 Å². The molecule has 2 N–H and O–H groups in total. The highest BCUT2D eigenvalue weighted by molar-refractivity contribution is 5.80. The van der Waals surface area contributed by atoms with Crippen LogP contribution in [-0.2, 0) is 9.53 Å². The van der Waals surface area contributed by atoms with Crippen molar-refractivity contribution in [1.29, 1.82) is 0 Å². The number of rotatable bonds is 9. The Kier molecular flexibility index (Phi) is 7.50. The van der Waals surface area contributed by atoms with Crippen molar-refractivity contribution >= 4 is 11.6 Å². The van der Waals surface area contributed by atoms with Crippen LogP contribution in [0.15, 0.2) is 24.3 Å². The summed E-state index contributed by atoms with van der Waals surface area (Å²) in [4.78, 5) is 11.6. The molecule has 1 amide bonds. The molecule has 0 bridgehead atoms. The van der Waals surface area contributed by atoms with Gasteiger partial charge in [0.05, 0.1) is 19.8 Å². The third kappa shape index (κ3) is 6.99. The van der Waals surface area contributed by atoms with Crippen molar-refractivity contribution in [3.63, 3.8) is 0 Å². The Hall–Kier alpha value is -1.75. The lowest BCUT2D eigenvalue weighted by atomic mass is 10.3. The molecule has 0 saturated heterocycles. The first-order valence-corrected chi connectivity index (χ1v) is 6.88. The molecule has 20 heavy (non-hydrogen) atoms. The monoisotopic (exact) mass is 280 g/mol. The summed E-state index contributed by atoms with van der Waals surface area (Å²) in [5, 5.41) is 5.90. The van der Waals surface area contributed by atoms with E-state index in [1.807, 2.05) is 38.1 Å². The Morgan fingerprint density at radius 3 is 2.55 bits per heavy atom. The molecule has 0 aliphatic rings. The Morgan fingerprint density at radius 2 is 1.95 bits per heavy atom. The molecule has 0 aliphatic carbocycles. The molecule has 0 spiro atoms. The van der Waals surface area contributed by atoms with E-state index in [9.17, 15) is 4.79 Å². The molecule has 0 radical (unpaired) electrons. The average Bonchev–Trinajstić information content (AvgIpc) is 2.45. The summed E-state index contributed by atoms with van der Waals surface area (Å²) in [7, 11) is 1.62. The molecule has 5 nitrogen and oxygen atoms in total. The molecule has 0 aromatic heterocycles. The summed E-state index contributed by atoms with van der Waals surface area (Å²) in [6, 6.07) is 7.46. The molecular formula is C15H24N2O3. The first-order chi connectivity index (χ1) is 9.61. The van der Waals surface area contributed by atoms with Crippen molar-refractivity contribution in [2.24, 2.45) is 0 Å². The smallest absolute Gasteiger partial charge is 0.239 e. The van der Waals surface area contributed by atoms with Crippen LogP contribution >= 0.6 is 0 Å². The number of nitrogens with one attached hydrogen (secondary N) is 2. The summed E-state index contributed by atoms with van der Waals surface area (Å²) in [5.41, 5.74) is 0.893. The molecule has 1 aromatic carbocycles. The van der Waals surface area contributed by atoms with E-state index in [4.69, 9.17) is 9.47 Å². The highest BCUT2D eigenvalue weighted by atomic mass is 16.5. The Morgan fingerprint density at radius 1 is 1.25 bits per heavy atom. The van der Waals surface area contributed by atoms with E-state index in [0.29, 0.717) is 13.2 Å². The number of anilines is 1. The minimum absolute atomic E-state index is 0.0228. The Balaban J connectivity index is 2.13. The lowest BCUT2D eigenvalue weighted by molar-refractivity contribution is -0.119. The van der Waals surface area contributed by atoms with E-state index in [1.54, 1.807) is 7.11 Å². The lowest BCUT2D eigenvalue weighted by Gasteiger charge is -2.09. The van der Waals surface area contributed by atoms with Gasteiger partial charge in [-0.3, -0.25) is 4.79 Å². The fourth-order valence-corrected chi connectivity index (χ4v) is 1.57. The van der Waals surface area contributed by atoms with Crippen LogP contribution in [0.25, 0.3) is 0 Å². The number of ether oxygens (including phenoxy) is 2. The molecule has 0 fully saturated rings. The maximum absolute atomic E-state index is 11.6. The normalized spacial score (nSPS) is 10.4. The van der Waals surface area contributed by atoms with Crippen LogP contribution in [0.5, 0.6) is 5.75 Å². The van der Waals surface area contributed by atoms with Crippen molar-refractivity contribution in [3.05, 3.63) is 24.3 Å². The molecule has 1 rings (SSSR count). The van der Waals surface area contributed by atoms with Gasteiger partial charge >= 0.3 is 0 Å². The minimum atomic E-state index is -0.0228. The first kappa shape index (κ1) is 16.3. The number of benzene rings is 1. The van der Waals surface area contributed by atoms with Gasteiger partial charge in [0.2, 0.25) is 5.91 Å². The van der Waals surface area contributed by atoms with Gasteiger partial charge in [-0.25, -0.2) is 0 Å². The van der Waals surface area contributed by atoms with Crippen molar-refractivity contribution in [2.45, 2.75) is 26.4 Å². The zero-order valence-electron chi connectivity index (χ0n) is 12.4. The van der Waals surface area contributed by atoms with Crippen LogP contribution in [0, 0.1) is 0 Å².